The smallest absolute Gasteiger partial charge is 0.280 e. The first-order valence-corrected chi connectivity index (χ1v) is 11.2. The summed E-state index contributed by atoms with van der Waals surface area (Å²) in [5, 5.41) is 5.53. The van der Waals surface area contributed by atoms with Crippen LogP contribution in [0.15, 0.2) is 29.8 Å². The van der Waals surface area contributed by atoms with Crippen molar-refractivity contribution in [1.29, 1.82) is 0 Å². The van der Waals surface area contributed by atoms with E-state index in [1.807, 2.05) is 5.38 Å². The number of benzene rings is 1. The molecule has 1 aliphatic heterocycles. The monoisotopic (exact) mass is 398 g/mol. The van der Waals surface area contributed by atoms with Crippen LogP contribution in [0.4, 0.5) is 5.69 Å². The zero-order valence-electron chi connectivity index (χ0n) is 16.9. The van der Waals surface area contributed by atoms with Crippen molar-refractivity contribution in [2.24, 2.45) is 5.92 Å². The van der Waals surface area contributed by atoms with E-state index >= 15 is 0 Å². The van der Waals surface area contributed by atoms with Crippen LogP contribution in [0.3, 0.4) is 0 Å². The summed E-state index contributed by atoms with van der Waals surface area (Å²) in [4.78, 5) is 21.2. The average Bonchev–Trinajstić information content (AvgIpc) is 3.21. The van der Waals surface area contributed by atoms with Crippen LogP contribution in [-0.4, -0.2) is 54.6 Å². The van der Waals surface area contributed by atoms with Crippen molar-refractivity contribution in [3.8, 4) is 0 Å². The van der Waals surface area contributed by atoms with Crippen LogP contribution in [0, 0.1) is 19.8 Å². The largest absolute Gasteiger partial charge is 0.369 e. The van der Waals surface area contributed by atoms with Gasteiger partial charge in [0.2, 0.25) is 0 Å². The van der Waals surface area contributed by atoms with Gasteiger partial charge in [-0.3, -0.25) is 9.69 Å². The number of carbonyl (C=O) groups excluding carboxylic acids is 1. The van der Waals surface area contributed by atoms with Gasteiger partial charge in [0.05, 0.1) is 0 Å². The summed E-state index contributed by atoms with van der Waals surface area (Å²) in [6.45, 7) is 10.1. The summed E-state index contributed by atoms with van der Waals surface area (Å²) in [5.41, 5.74) is 4.19. The molecule has 1 saturated heterocycles. The second-order valence-electron chi connectivity index (χ2n) is 8.18. The first kappa shape index (κ1) is 19.4. The fourth-order valence-corrected chi connectivity index (χ4v) is 4.87. The third kappa shape index (κ3) is 4.39. The van der Waals surface area contributed by atoms with Gasteiger partial charge in [-0.15, -0.1) is 11.3 Å². The SMILES string of the molecule is Cc1cccc(N2CCN(CC[C@H]3C[C@@H](NC(=O)c4nccs4)C3)CC2)c1C. The second kappa shape index (κ2) is 8.62. The molecule has 0 atom stereocenters. The lowest BCUT2D eigenvalue weighted by atomic mass is 9.78. The number of aryl methyl sites for hydroxylation is 1. The van der Waals surface area contributed by atoms with Crippen LogP contribution >= 0.6 is 11.3 Å². The van der Waals surface area contributed by atoms with E-state index < -0.39 is 0 Å². The van der Waals surface area contributed by atoms with E-state index in [1.165, 1.54) is 41.1 Å². The third-order valence-electron chi connectivity index (χ3n) is 6.34. The lowest BCUT2D eigenvalue weighted by molar-refractivity contribution is 0.0877. The molecule has 1 saturated carbocycles. The maximum atomic E-state index is 12.0. The van der Waals surface area contributed by atoms with E-state index in [4.69, 9.17) is 0 Å². The Morgan fingerprint density at radius 2 is 2.00 bits per heavy atom. The number of aromatic nitrogens is 1. The van der Waals surface area contributed by atoms with Gasteiger partial charge in [0.1, 0.15) is 0 Å². The van der Waals surface area contributed by atoms with Gasteiger partial charge in [0.15, 0.2) is 5.01 Å². The molecule has 2 aliphatic rings. The van der Waals surface area contributed by atoms with Crippen molar-refractivity contribution < 1.29 is 4.79 Å². The highest BCUT2D eigenvalue weighted by molar-refractivity contribution is 7.11. The molecule has 1 aromatic heterocycles. The van der Waals surface area contributed by atoms with Crippen molar-refractivity contribution in [1.82, 2.24) is 15.2 Å². The van der Waals surface area contributed by atoms with Crippen molar-refractivity contribution in [2.45, 2.75) is 39.2 Å². The number of thiazole rings is 1. The highest BCUT2D eigenvalue weighted by Gasteiger charge is 2.31. The van der Waals surface area contributed by atoms with Crippen LogP contribution in [0.5, 0.6) is 0 Å². The fraction of sp³-hybridized carbons (Fsp3) is 0.545. The molecule has 0 radical (unpaired) electrons. The zero-order chi connectivity index (χ0) is 19.5. The maximum Gasteiger partial charge on any atom is 0.280 e. The van der Waals surface area contributed by atoms with Gasteiger partial charge in [0.25, 0.3) is 5.91 Å². The van der Waals surface area contributed by atoms with Gasteiger partial charge in [-0.2, -0.15) is 0 Å². The minimum Gasteiger partial charge on any atom is -0.369 e. The Labute approximate surface area is 171 Å². The molecule has 0 unspecified atom stereocenters. The highest BCUT2D eigenvalue weighted by atomic mass is 32.1. The summed E-state index contributed by atoms with van der Waals surface area (Å²) in [7, 11) is 0. The number of rotatable bonds is 6. The topological polar surface area (TPSA) is 48.5 Å². The fourth-order valence-electron chi connectivity index (χ4n) is 4.33. The van der Waals surface area contributed by atoms with Crippen molar-refractivity contribution >= 4 is 22.9 Å². The van der Waals surface area contributed by atoms with Crippen LogP contribution in [0.1, 0.15) is 40.2 Å². The average molecular weight is 399 g/mol. The molecule has 2 fully saturated rings. The van der Waals surface area contributed by atoms with Gasteiger partial charge in [-0.05, 0) is 62.8 Å². The molecule has 1 aliphatic carbocycles. The number of nitrogens with zero attached hydrogens (tertiary/aromatic N) is 3. The number of anilines is 1. The lowest BCUT2D eigenvalue weighted by Crippen LogP contribution is -2.48. The summed E-state index contributed by atoms with van der Waals surface area (Å²) >= 11 is 1.40. The van der Waals surface area contributed by atoms with Gasteiger partial charge in [0, 0.05) is 49.5 Å². The molecule has 150 valence electrons. The Balaban J connectivity index is 1.15. The first-order valence-electron chi connectivity index (χ1n) is 10.3. The number of hydrogen-bond donors (Lipinski definition) is 1. The number of amides is 1. The van der Waals surface area contributed by atoms with Crippen LogP contribution < -0.4 is 10.2 Å². The van der Waals surface area contributed by atoms with Gasteiger partial charge >= 0.3 is 0 Å². The van der Waals surface area contributed by atoms with E-state index in [0.29, 0.717) is 11.0 Å². The lowest BCUT2D eigenvalue weighted by Gasteiger charge is -2.40. The summed E-state index contributed by atoms with van der Waals surface area (Å²) < 4.78 is 0. The molecule has 6 heteroatoms. The standard InChI is InChI=1S/C22H30N4OS/c1-16-4-3-5-20(17(16)2)26-11-9-25(10-12-26)8-6-18-14-19(15-18)24-21(27)22-23-7-13-28-22/h3-5,7,13,18-19H,6,8-12,14-15H2,1-2H3,(H,24,27)/t18-,19+. The number of piperazine rings is 1. The highest BCUT2D eigenvalue weighted by Crippen LogP contribution is 2.31. The molecular weight excluding hydrogens is 368 g/mol. The Hall–Kier alpha value is -1.92. The molecular formula is C22H30N4OS. The van der Waals surface area contributed by atoms with E-state index in [9.17, 15) is 4.79 Å². The van der Waals surface area contributed by atoms with E-state index in [0.717, 1.165) is 44.9 Å². The Bertz CT molecular complexity index is 793. The Morgan fingerprint density at radius 1 is 1.21 bits per heavy atom. The second-order valence-corrected chi connectivity index (χ2v) is 9.08. The molecule has 1 aromatic carbocycles. The molecule has 1 amide bonds. The van der Waals surface area contributed by atoms with Gasteiger partial charge < -0.3 is 10.2 Å². The molecule has 5 nitrogen and oxygen atoms in total. The molecule has 2 aromatic rings. The minimum absolute atomic E-state index is 0.0129. The van der Waals surface area contributed by atoms with Crippen LogP contribution in [0.2, 0.25) is 0 Å². The first-order chi connectivity index (χ1) is 13.6. The van der Waals surface area contributed by atoms with Crippen LogP contribution in [0.25, 0.3) is 0 Å². The minimum atomic E-state index is -0.0129. The van der Waals surface area contributed by atoms with Gasteiger partial charge in [-0.25, -0.2) is 4.98 Å². The van der Waals surface area contributed by atoms with Crippen molar-refractivity contribution in [3.63, 3.8) is 0 Å². The van der Waals surface area contributed by atoms with E-state index in [2.05, 4.69) is 52.1 Å². The summed E-state index contributed by atoms with van der Waals surface area (Å²) in [6.07, 6.45) is 5.15. The predicted octanol–water partition coefficient (Wildman–Crippen LogP) is 3.48. The van der Waals surface area contributed by atoms with E-state index in [1.54, 1.807) is 6.20 Å². The molecule has 28 heavy (non-hydrogen) atoms. The summed E-state index contributed by atoms with van der Waals surface area (Å²) in [5.74, 6) is 0.736. The molecule has 0 bridgehead atoms. The zero-order valence-corrected chi connectivity index (χ0v) is 17.7. The van der Waals surface area contributed by atoms with Crippen LogP contribution in [-0.2, 0) is 0 Å². The predicted molar refractivity (Wildman–Crippen MR) is 115 cm³/mol. The van der Waals surface area contributed by atoms with Crippen molar-refractivity contribution in [3.05, 3.63) is 45.9 Å². The Kier molecular flexibility index (Phi) is 5.97. The summed E-state index contributed by atoms with van der Waals surface area (Å²) in [6, 6.07) is 6.96. The van der Waals surface area contributed by atoms with Gasteiger partial charge in [-0.1, -0.05) is 12.1 Å². The molecule has 4 rings (SSSR count). The van der Waals surface area contributed by atoms with Crippen molar-refractivity contribution in [2.75, 3.05) is 37.6 Å². The number of nitrogens with one attached hydrogen (secondary N) is 1. The Morgan fingerprint density at radius 3 is 2.71 bits per heavy atom. The molecule has 2 heterocycles. The maximum absolute atomic E-state index is 12.0. The van der Waals surface area contributed by atoms with E-state index in [-0.39, 0.29) is 5.91 Å². The number of hydrogen-bond acceptors (Lipinski definition) is 5. The molecule has 0 spiro atoms. The normalized spacial score (nSPS) is 22.7. The third-order valence-corrected chi connectivity index (χ3v) is 7.11. The number of carbonyl (C=O) groups is 1. The molecule has 1 N–H and O–H groups in total. The quantitative estimate of drug-likeness (QED) is 0.809.